The third kappa shape index (κ3) is 2.86. The van der Waals surface area contributed by atoms with Crippen LogP contribution in [0.3, 0.4) is 0 Å². The van der Waals surface area contributed by atoms with Gasteiger partial charge in [0.15, 0.2) is 0 Å². The molecule has 0 bridgehead atoms. The molecule has 2 rings (SSSR count). The lowest BCUT2D eigenvalue weighted by atomic mass is 10.2. The monoisotopic (exact) mass is 268 g/mol. The highest BCUT2D eigenvalue weighted by Gasteiger charge is 2.13. The molecule has 0 saturated heterocycles. The number of nitrogen functional groups attached to an aromatic ring is 1. The van der Waals surface area contributed by atoms with Crippen LogP contribution in [0.4, 0.5) is 5.82 Å². The molecule has 0 spiro atoms. The van der Waals surface area contributed by atoms with Crippen LogP contribution >= 0.6 is 0 Å². The number of rotatable bonds is 3. The highest BCUT2D eigenvalue weighted by Crippen LogP contribution is 2.27. The summed E-state index contributed by atoms with van der Waals surface area (Å²) in [6.07, 6.45) is 0. The molecule has 20 heavy (non-hydrogen) atoms. The van der Waals surface area contributed by atoms with Crippen LogP contribution in [0.2, 0.25) is 0 Å². The summed E-state index contributed by atoms with van der Waals surface area (Å²) in [5.41, 5.74) is 7.11. The van der Waals surface area contributed by atoms with Crippen LogP contribution in [0.5, 0.6) is 11.6 Å². The van der Waals surface area contributed by atoms with Crippen molar-refractivity contribution in [2.24, 2.45) is 0 Å². The van der Waals surface area contributed by atoms with E-state index in [1.54, 1.807) is 24.3 Å². The SMILES string of the molecule is Cc1c(N)nc(C(C)C)nc1Oc1cccc(C#N)c1. The largest absolute Gasteiger partial charge is 0.439 e. The average molecular weight is 268 g/mol. The van der Waals surface area contributed by atoms with Gasteiger partial charge in [0, 0.05) is 5.92 Å². The molecule has 0 radical (unpaired) electrons. The minimum atomic E-state index is 0.158. The van der Waals surface area contributed by atoms with Crippen molar-refractivity contribution in [3.8, 4) is 17.7 Å². The maximum atomic E-state index is 8.89. The Morgan fingerprint density at radius 1 is 1.30 bits per heavy atom. The van der Waals surface area contributed by atoms with E-state index in [0.717, 1.165) is 0 Å². The smallest absolute Gasteiger partial charge is 0.227 e. The van der Waals surface area contributed by atoms with Crippen molar-refractivity contribution in [2.45, 2.75) is 26.7 Å². The molecule has 0 unspecified atom stereocenters. The standard InChI is InChI=1S/C15H16N4O/c1-9(2)14-18-13(17)10(3)15(19-14)20-12-6-4-5-11(7-12)8-16/h4-7,9H,1-3H3,(H2,17,18,19). The van der Waals surface area contributed by atoms with Crippen molar-refractivity contribution in [3.05, 3.63) is 41.2 Å². The van der Waals surface area contributed by atoms with E-state index in [1.807, 2.05) is 20.8 Å². The van der Waals surface area contributed by atoms with Crippen LogP contribution in [0.1, 0.15) is 36.7 Å². The Morgan fingerprint density at radius 2 is 2.05 bits per heavy atom. The van der Waals surface area contributed by atoms with Crippen molar-refractivity contribution in [1.82, 2.24) is 9.97 Å². The van der Waals surface area contributed by atoms with E-state index in [1.165, 1.54) is 0 Å². The first-order valence-corrected chi connectivity index (χ1v) is 6.33. The van der Waals surface area contributed by atoms with Gasteiger partial charge in [0.25, 0.3) is 0 Å². The van der Waals surface area contributed by atoms with Crippen LogP contribution in [-0.4, -0.2) is 9.97 Å². The molecule has 1 aromatic heterocycles. The number of benzene rings is 1. The maximum absolute atomic E-state index is 8.89. The van der Waals surface area contributed by atoms with Crippen molar-refractivity contribution < 1.29 is 4.74 Å². The van der Waals surface area contributed by atoms with Crippen molar-refractivity contribution in [1.29, 1.82) is 5.26 Å². The summed E-state index contributed by atoms with van der Waals surface area (Å²) in [5, 5.41) is 8.89. The normalized spacial score (nSPS) is 10.3. The second-order valence-corrected chi connectivity index (χ2v) is 4.79. The molecule has 1 heterocycles. The Labute approximate surface area is 118 Å². The summed E-state index contributed by atoms with van der Waals surface area (Å²) in [7, 11) is 0. The minimum Gasteiger partial charge on any atom is -0.439 e. The highest BCUT2D eigenvalue weighted by molar-refractivity contribution is 5.47. The fourth-order valence-electron chi connectivity index (χ4n) is 1.63. The second-order valence-electron chi connectivity index (χ2n) is 4.79. The zero-order valence-corrected chi connectivity index (χ0v) is 11.7. The Kier molecular flexibility index (Phi) is 3.85. The van der Waals surface area contributed by atoms with Gasteiger partial charge >= 0.3 is 0 Å². The maximum Gasteiger partial charge on any atom is 0.227 e. The first-order chi connectivity index (χ1) is 9.51. The molecule has 0 fully saturated rings. The number of anilines is 1. The zero-order valence-electron chi connectivity index (χ0n) is 11.7. The molecule has 0 amide bonds. The van der Waals surface area contributed by atoms with Crippen molar-refractivity contribution in [3.63, 3.8) is 0 Å². The first-order valence-electron chi connectivity index (χ1n) is 6.33. The predicted octanol–water partition coefficient (Wildman–Crippen LogP) is 3.15. The number of nitriles is 1. The molecule has 0 aliphatic heterocycles. The Morgan fingerprint density at radius 3 is 2.70 bits per heavy atom. The van der Waals surface area contributed by atoms with Crippen molar-refractivity contribution >= 4 is 5.82 Å². The summed E-state index contributed by atoms with van der Waals surface area (Å²) in [4.78, 5) is 8.63. The Bertz CT molecular complexity index is 674. The lowest BCUT2D eigenvalue weighted by Crippen LogP contribution is -2.06. The molecule has 5 nitrogen and oxygen atoms in total. The van der Waals surface area contributed by atoms with Gasteiger partial charge in [0.1, 0.15) is 17.4 Å². The number of nitrogens with two attached hydrogens (primary N) is 1. The van der Waals surface area contributed by atoms with E-state index < -0.39 is 0 Å². The van der Waals surface area contributed by atoms with E-state index in [0.29, 0.717) is 34.4 Å². The Balaban J connectivity index is 2.40. The van der Waals surface area contributed by atoms with Crippen LogP contribution in [0.25, 0.3) is 0 Å². The summed E-state index contributed by atoms with van der Waals surface area (Å²) < 4.78 is 5.74. The summed E-state index contributed by atoms with van der Waals surface area (Å²) in [6.45, 7) is 5.79. The van der Waals surface area contributed by atoms with E-state index in [4.69, 9.17) is 15.7 Å². The molecule has 0 saturated carbocycles. The van der Waals surface area contributed by atoms with Crippen LogP contribution in [0.15, 0.2) is 24.3 Å². The number of nitrogens with zero attached hydrogens (tertiary/aromatic N) is 3. The van der Waals surface area contributed by atoms with E-state index in [2.05, 4.69) is 16.0 Å². The number of hydrogen-bond acceptors (Lipinski definition) is 5. The molecule has 102 valence electrons. The molecular weight excluding hydrogens is 252 g/mol. The number of hydrogen-bond donors (Lipinski definition) is 1. The average Bonchev–Trinajstić information content (AvgIpc) is 2.43. The van der Waals surface area contributed by atoms with Gasteiger partial charge in [-0.1, -0.05) is 19.9 Å². The van der Waals surface area contributed by atoms with Crippen LogP contribution in [-0.2, 0) is 0 Å². The summed E-state index contributed by atoms with van der Waals surface area (Å²) >= 11 is 0. The Hall–Kier alpha value is -2.61. The number of ether oxygens (including phenoxy) is 1. The van der Waals surface area contributed by atoms with E-state index in [9.17, 15) is 0 Å². The minimum absolute atomic E-state index is 0.158. The topological polar surface area (TPSA) is 84.8 Å². The third-order valence-electron chi connectivity index (χ3n) is 2.85. The number of aromatic nitrogens is 2. The quantitative estimate of drug-likeness (QED) is 0.924. The molecule has 0 aliphatic rings. The lowest BCUT2D eigenvalue weighted by molar-refractivity contribution is 0.453. The zero-order chi connectivity index (χ0) is 14.7. The molecule has 1 aromatic carbocycles. The van der Waals surface area contributed by atoms with E-state index >= 15 is 0 Å². The third-order valence-corrected chi connectivity index (χ3v) is 2.85. The fourth-order valence-corrected chi connectivity index (χ4v) is 1.63. The van der Waals surface area contributed by atoms with Gasteiger partial charge < -0.3 is 10.5 Å². The van der Waals surface area contributed by atoms with Crippen LogP contribution in [0, 0.1) is 18.3 Å². The molecule has 2 aromatic rings. The molecule has 0 aliphatic carbocycles. The van der Waals surface area contributed by atoms with Crippen LogP contribution < -0.4 is 10.5 Å². The predicted molar refractivity (Wildman–Crippen MR) is 76.5 cm³/mol. The van der Waals surface area contributed by atoms with Gasteiger partial charge in [0.05, 0.1) is 17.2 Å². The van der Waals surface area contributed by atoms with Crippen molar-refractivity contribution in [2.75, 3.05) is 5.73 Å². The van der Waals surface area contributed by atoms with Gasteiger partial charge in [-0.05, 0) is 25.1 Å². The van der Waals surface area contributed by atoms with Gasteiger partial charge in [-0.25, -0.2) is 4.98 Å². The molecule has 2 N–H and O–H groups in total. The summed E-state index contributed by atoms with van der Waals surface area (Å²) in [6, 6.07) is 8.98. The second kappa shape index (κ2) is 5.57. The summed E-state index contributed by atoms with van der Waals surface area (Å²) in [5.74, 6) is 2.19. The van der Waals surface area contributed by atoms with Gasteiger partial charge in [-0.2, -0.15) is 10.2 Å². The fraction of sp³-hybridized carbons (Fsp3) is 0.267. The molecular formula is C15H16N4O. The van der Waals surface area contributed by atoms with Gasteiger partial charge in [-0.3, -0.25) is 0 Å². The molecule has 0 atom stereocenters. The highest BCUT2D eigenvalue weighted by atomic mass is 16.5. The molecule has 5 heteroatoms. The first kappa shape index (κ1) is 13.8. The van der Waals surface area contributed by atoms with E-state index in [-0.39, 0.29) is 5.92 Å². The lowest BCUT2D eigenvalue weighted by Gasteiger charge is -2.12. The van der Waals surface area contributed by atoms with Gasteiger partial charge in [0.2, 0.25) is 5.88 Å². The van der Waals surface area contributed by atoms with Gasteiger partial charge in [-0.15, -0.1) is 0 Å².